The Hall–Kier alpha value is -1.47. The van der Waals surface area contributed by atoms with Crippen LogP contribution in [0.1, 0.15) is 21.9 Å². The average molecular weight is 263 g/mol. The molecule has 0 saturated carbocycles. The third kappa shape index (κ3) is 4.80. The molecule has 7 heteroatoms. The Morgan fingerprint density at radius 2 is 2.33 bits per heavy atom. The van der Waals surface area contributed by atoms with Gasteiger partial charge in [-0.15, -0.1) is 0 Å². The van der Waals surface area contributed by atoms with Gasteiger partial charge < -0.3 is 19.6 Å². The van der Waals surface area contributed by atoms with Crippen molar-refractivity contribution in [3.05, 3.63) is 23.2 Å². The molecule has 0 bridgehead atoms. The fourth-order valence-electron chi connectivity index (χ4n) is 1.34. The summed E-state index contributed by atoms with van der Waals surface area (Å²) >= 11 is 0. The highest BCUT2D eigenvalue weighted by atomic mass is 19.3. The topological polar surface area (TPSA) is 71.7 Å². The van der Waals surface area contributed by atoms with Crippen LogP contribution in [0.2, 0.25) is 0 Å². The molecule has 1 heterocycles. The van der Waals surface area contributed by atoms with Gasteiger partial charge in [0.2, 0.25) is 5.76 Å². The zero-order valence-corrected chi connectivity index (χ0v) is 9.91. The van der Waals surface area contributed by atoms with Crippen molar-refractivity contribution in [2.75, 3.05) is 19.8 Å². The van der Waals surface area contributed by atoms with Gasteiger partial charge in [0.05, 0.1) is 6.61 Å². The lowest BCUT2D eigenvalue weighted by Gasteiger charge is -2.05. The van der Waals surface area contributed by atoms with Gasteiger partial charge in [0, 0.05) is 18.7 Å². The van der Waals surface area contributed by atoms with Crippen LogP contribution < -0.4 is 5.32 Å². The Labute approximate surface area is 103 Å². The summed E-state index contributed by atoms with van der Waals surface area (Å²) in [5.74, 6) is -0.712. The molecule has 0 radical (unpaired) electrons. The van der Waals surface area contributed by atoms with Crippen LogP contribution >= 0.6 is 0 Å². The van der Waals surface area contributed by atoms with Crippen LogP contribution in [0, 0.1) is 6.92 Å². The molecule has 0 aliphatic carbocycles. The highest BCUT2D eigenvalue weighted by Crippen LogP contribution is 2.14. The highest BCUT2D eigenvalue weighted by molar-refractivity contribution is 5.84. The van der Waals surface area contributed by atoms with E-state index in [2.05, 4.69) is 10.1 Å². The van der Waals surface area contributed by atoms with E-state index in [1.165, 1.54) is 6.07 Å². The monoisotopic (exact) mass is 263 g/mol. The number of rotatable bonds is 8. The third-order valence-corrected chi connectivity index (χ3v) is 2.21. The van der Waals surface area contributed by atoms with E-state index in [-0.39, 0.29) is 12.4 Å². The van der Waals surface area contributed by atoms with E-state index >= 15 is 0 Å². The highest BCUT2D eigenvalue weighted by Gasteiger charge is 2.12. The minimum absolute atomic E-state index is 0.113. The van der Waals surface area contributed by atoms with Crippen LogP contribution in [-0.2, 0) is 11.3 Å². The Morgan fingerprint density at radius 3 is 2.89 bits per heavy atom. The number of alkyl halides is 2. The molecular weight excluding hydrogens is 248 g/mol. The first-order valence-electron chi connectivity index (χ1n) is 5.40. The van der Waals surface area contributed by atoms with Crippen LogP contribution in [0.4, 0.5) is 8.78 Å². The van der Waals surface area contributed by atoms with Crippen LogP contribution in [0.5, 0.6) is 0 Å². The van der Waals surface area contributed by atoms with E-state index < -0.39 is 19.0 Å². The fourth-order valence-corrected chi connectivity index (χ4v) is 1.34. The molecular formula is C11H15F2NO4. The molecule has 0 saturated heterocycles. The molecule has 102 valence electrons. The van der Waals surface area contributed by atoms with Crippen molar-refractivity contribution < 1.29 is 27.8 Å². The number of hydrogen-bond acceptors (Lipinski definition) is 4. The summed E-state index contributed by atoms with van der Waals surface area (Å²) in [6, 6.07) is 1.44. The van der Waals surface area contributed by atoms with Gasteiger partial charge in [-0.3, -0.25) is 0 Å². The summed E-state index contributed by atoms with van der Waals surface area (Å²) in [7, 11) is 0. The van der Waals surface area contributed by atoms with Gasteiger partial charge in [-0.05, 0) is 13.0 Å². The maximum atomic E-state index is 11.7. The summed E-state index contributed by atoms with van der Waals surface area (Å²) in [6.45, 7) is 2.07. The van der Waals surface area contributed by atoms with Crippen LogP contribution in [0.25, 0.3) is 0 Å². The van der Waals surface area contributed by atoms with Crippen molar-refractivity contribution in [3.8, 4) is 0 Å². The van der Waals surface area contributed by atoms with Gasteiger partial charge in [0.25, 0.3) is 6.43 Å². The van der Waals surface area contributed by atoms with E-state index in [1.54, 1.807) is 6.92 Å². The molecule has 0 fully saturated rings. The summed E-state index contributed by atoms with van der Waals surface area (Å²) in [4.78, 5) is 10.6. The number of furan rings is 1. The van der Waals surface area contributed by atoms with Crippen molar-refractivity contribution in [3.63, 3.8) is 0 Å². The number of ether oxygens (including phenoxy) is 1. The molecule has 1 rings (SSSR count). The average Bonchev–Trinajstić information content (AvgIpc) is 2.65. The lowest BCUT2D eigenvalue weighted by atomic mass is 10.2. The smallest absolute Gasteiger partial charge is 0.371 e. The lowest BCUT2D eigenvalue weighted by molar-refractivity contribution is 0.0187. The summed E-state index contributed by atoms with van der Waals surface area (Å²) in [6.07, 6.45) is -2.46. The Morgan fingerprint density at radius 1 is 1.61 bits per heavy atom. The quantitative estimate of drug-likeness (QED) is 0.698. The predicted octanol–water partition coefficient (Wildman–Crippen LogP) is 1.66. The molecule has 1 aromatic rings. The molecule has 18 heavy (non-hydrogen) atoms. The molecule has 0 aliphatic rings. The predicted molar refractivity (Wildman–Crippen MR) is 58.9 cm³/mol. The van der Waals surface area contributed by atoms with Gasteiger partial charge in [-0.25, -0.2) is 13.6 Å². The first kappa shape index (κ1) is 14.6. The van der Waals surface area contributed by atoms with Crippen molar-refractivity contribution >= 4 is 5.97 Å². The Kier molecular flexibility index (Phi) is 5.73. The Bertz CT molecular complexity index is 392. The molecule has 0 aliphatic heterocycles. The first-order valence-corrected chi connectivity index (χ1v) is 5.40. The Balaban J connectivity index is 2.25. The molecule has 2 N–H and O–H groups in total. The zero-order chi connectivity index (χ0) is 13.5. The molecule has 0 spiro atoms. The molecule has 5 nitrogen and oxygen atoms in total. The number of hydrogen-bond donors (Lipinski definition) is 2. The number of halogens is 2. The standard InChI is InChI=1S/C11H15F2NO4/c1-7-8(4-9(18-7)11(15)16)5-14-2-3-17-6-10(12)13/h4,10,14H,2-3,5-6H2,1H3,(H,15,16). The van der Waals surface area contributed by atoms with Gasteiger partial charge in [0.1, 0.15) is 12.4 Å². The SMILES string of the molecule is Cc1oc(C(=O)O)cc1CNCCOCC(F)F. The number of carboxylic acid groups (broad SMARTS) is 1. The molecule has 1 aromatic heterocycles. The fraction of sp³-hybridized carbons (Fsp3) is 0.545. The van der Waals surface area contributed by atoms with E-state index in [0.717, 1.165) is 5.56 Å². The van der Waals surface area contributed by atoms with Gasteiger partial charge >= 0.3 is 5.97 Å². The van der Waals surface area contributed by atoms with Crippen molar-refractivity contribution in [1.29, 1.82) is 0 Å². The molecule has 0 unspecified atom stereocenters. The van der Waals surface area contributed by atoms with E-state index in [1.807, 2.05) is 0 Å². The second kappa shape index (κ2) is 7.07. The number of aryl methyl sites for hydroxylation is 1. The van der Waals surface area contributed by atoms with Crippen molar-refractivity contribution in [2.24, 2.45) is 0 Å². The number of nitrogens with one attached hydrogen (secondary N) is 1. The van der Waals surface area contributed by atoms with E-state index in [0.29, 0.717) is 18.8 Å². The summed E-state index contributed by atoms with van der Waals surface area (Å²) < 4.78 is 33.1. The number of carbonyl (C=O) groups is 1. The van der Waals surface area contributed by atoms with Crippen LogP contribution in [0.15, 0.2) is 10.5 Å². The normalized spacial score (nSPS) is 11.1. The molecule has 0 atom stereocenters. The van der Waals surface area contributed by atoms with Crippen molar-refractivity contribution in [2.45, 2.75) is 19.9 Å². The summed E-state index contributed by atoms with van der Waals surface area (Å²) in [5, 5.41) is 11.7. The molecule has 0 amide bonds. The number of carboxylic acids is 1. The van der Waals surface area contributed by atoms with E-state index in [9.17, 15) is 13.6 Å². The zero-order valence-electron chi connectivity index (χ0n) is 9.91. The van der Waals surface area contributed by atoms with Gasteiger partial charge in [-0.1, -0.05) is 0 Å². The van der Waals surface area contributed by atoms with Gasteiger partial charge in [-0.2, -0.15) is 0 Å². The largest absolute Gasteiger partial charge is 0.475 e. The third-order valence-electron chi connectivity index (χ3n) is 2.21. The van der Waals surface area contributed by atoms with Crippen LogP contribution in [-0.4, -0.2) is 37.3 Å². The maximum absolute atomic E-state index is 11.7. The minimum atomic E-state index is -2.46. The second-order valence-electron chi connectivity index (χ2n) is 3.64. The van der Waals surface area contributed by atoms with Crippen LogP contribution in [0.3, 0.4) is 0 Å². The molecule has 0 aromatic carbocycles. The minimum Gasteiger partial charge on any atom is -0.475 e. The maximum Gasteiger partial charge on any atom is 0.371 e. The van der Waals surface area contributed by atoms with E-state index in [4.69, 9.17) is 9.52 Å². The first-order chi connectivity index (χ1) is 8.50. The summed E-state index contributed by atoms with van der Waals surface area (Å²) in [5.41, 5.74) is 0.723. The van der Waals surface area contributed by atoms with Crippen molar-refractivity contribution in [1.82, 2.24) is 5.32 Å². The second-order valence-corrected chi connectivity index (χ2v) is 3.64. The lowest BCUT2D eigenvalue weighted by Crippen LogP contribution is -2.20. The van der Waals surface area contributed by atoms with Gasteiger partial charge in [0.15, 0.2) is 0 Å². The number of aromatic carboxylic acids is 1.